The van der Waals surface area contributed by atoms with Crippen LogP contribution in [-0.4, -0.2) is 4.98 Å². The van der Waals surface area contributed by atoms with Crippen molar-refractivity contribution in [3.8, 4) is 0 Å². The van der Waals surface area contributed by atoms with Crippen molar-refractivity contribution in [3.05, 3.63) is 40.8 Å². The highest BCUT2D eigenvalue weighted by Crippen LogP contribution is 2.42. The van der Waals surface area contributed by atoms with Gasteiger partial charge in [-0.2, -0.15) is 0 Å². The van der Waals surface area contributed by atoms with E-state index in [1.165, 1.54) is 41.8 Å². The predicted octanol–water partition coefficient (Wildman–Crippen LogP) is 3.87. The van der Waals surface area contributed by atoms with Crippen molar-refractivity contribution in [2.24, 2.45) is 0 Å². The Balaban J connectivity index is 2.33. The molecule has 0 N–H and O–H groups in total. The number of halogens is 1. The summed E-state index contributed by atoms with van der Waals surface area (Å²) in [6.45, 7) is 4.22. The summed E-state index contributed by atoms with van der Waals surface area (Å²) in [5.74, 6) is 0.413. The van der Waals surface area contributed by atoms with Crippen molar-refractivity contribution >= 4 is 10.9 Å². The zero-order chi connectivity index (χ0) is 11.3. The second kappa shape index (κ2) is 3.27. The minimum Gasteiger partial charge on any atom is -0.252 e. The third kappa shape index (κ3) is 1.41. The third-order valence-corrected chi connectivity index (χ3v) is 3.52. The summed E-state index contributed by atoms with van der Waals surface area (Å²) in [4.78, 5) is 4.62. The molecule has 0 amide bonds. The molecule has 3 rings (SSSR count). The molecule has 1 nitrogen and oxygen atoms in total. The summed E-state index contributed by atoms with van der Waals surface area (Å²) in [5.41, 5.74) is 4.49. The van der Waals surface area contributed by atoms with E-state index in [2.05, 4.69) is 18.8 Å². The van der Waals surface area contributed by atoms with Crippen molar-refractivity contribution in [1.29, 1.82) is 0 Å². The first kappa shape index (κ1) is 9.76. The van der Waals surface area contributed by atoms with Crippen molar-refractivity contribution in [2.45, 2.75) is 32.6 Å². The van der Waals surface area contributed by atoms with Crippen LogP contribution in [0.1, 0.15) is 35.6 Å². The lowest BCUT2D eigenvalue weighted by molar-refractivity contribution is 0.629. The highest BCUT2D eigenvalue weighted by Gasteiger charge is 2.27. The smallest absolute Gasteiger partial charge is 0.125 e. The SMILES string of the molecule is Cc1c(C2CC2)nc2cc(F)ccc2c1C. The molecule has 1 fully saturated rings. The van der Waals surface area contributed by atoms with Gasteiger partial charge in [-0.05, 0) is 49.9 Å². The number of aromatic nitrogens is 1. The lowest BCUT2D eigenvalue weighted by Gasteiger charge is -2.10. The Bertz CT molecular complexity index is 570. The molecule has 1 aliphatic carbocycles. The topological polar surface area (TPSA) is 12.9 Å². The van der Waals surface area contributed by atoms with Gasteiger partial charge >= 0.3 is 0 Å². The Morgan fingerprint density at radius 2 is 1.94 bits per heavy atom. The number of hydrogen-bond donors (Lipinski definition) is 0. The normalized spacial score (nSPS) is 15.7. The Morgan fingerprint density at radius 1 is 1.19 bits per heavy atom. The molecule has 1 aromatic heterocycles. The third-order valence-electron chi connectivity index (χ3n) is 3.52. The molecule has 1 aromatic carbocycles. The van der Waals surface area contributed by atoms with Gasteiger partial charge in [0.1, 0.15) is 5.82 Å². The summed E-state index contributed by atoms with van der Waals surface area (Å²) >= 11 is 0. The van der Waals surface area contributed by atoms with E-state index in [9.17, 15) is 4.39 Å². The van der Waals surface area contributed by atoms with Gasteiger partial charge < -0.3 is 0 Å². The van der Waals surface area contributed by atoms with Crippen molar-refractivity contribution < 1.29 is 4.39 Å². The molecule has 2 heteroatoms. The fraction of sp³-hybridized carbons (Fsp3) is 0.357. The lowest BCUT2D eigenvalue weighted by Crippen LogP contribution is -1.97. The zero-order valence-corrected chi connectivity index (χ0v) is 9.55. The quantitative estimate of drug-likeness (QED) is 0.703. The van der Waals surface area contributed by atoms with E-state index in [1.54, 1.807) is 0 Å². The van der Waals surface area contributed by atoms with Gasteiger partial charge in [-0.3, -0.25) is 4.98 Å². The van der Waals surface area contributed by atoms with E-state index >= 15 is 0 Å². The highest BCUT2D eigenvalue weighted by molar-refractivity contribution is 5.83. The van der Waals surface area contributed by atoms with E-state index in [0.29, 0.717) is 5.92 Å². The van der Waals surface area contributed by atoms with Crippen LogP contribution in [0.3, 0.4) is 0 Å². The number of rotatable bonds is 1. The van der Waals surface area contributed by atoms with E-state index in [-0.39, 0.29) is 5.82 Å². The fourth-order valence-corrected chi connectivity index (χ4v) is 2.28. The molecule has 1 aliphatic rings. The molecular weight excluding hydrogens is 201 g/mol. The minimum atomic E-state index is -0.204. The van der Waals surface area contributed by atoms with Gasteiger partial charge in [-0.1, -0.05) is 0 Å². The molecule has 1 saturated carbocycles. The first-order chi connectivity index (χ1) is 7.66. The predicted molar refractivity (Wildman–Crippen MR) is 63.2 cm³/mol. The van der Waals surface area contributed by atoms with Gasteiger partial charge in [0.25, 0.3) is 0 Å². The lowest BCUT2D eigenvalue weighted by atomic mass is 10.0. The van der Waals surface area contributed by atoms with Gasteiger partial charge in [-0.25, -0.2) is 4.39 Å². The average molecular weight is 215 g/mol. The van der Waals surface area contributed by atoms with Crippen LogP contribution in [-0.2, 0) is 0 Å². The first-order valence-electron chi connectivity index (χ1n) is 5.73. The van der Waals surface area contributed by atoms with Crippen LogP contribution in [0.2, 0.25) is 0 Å². The number of hydrogen-bond acceptors (Lipinski definition) is 1. The second-order valence-corrected chi connectivity index (χ2v) is 4.68. The first-order valence-corrected chi connectivity index (χ1v) is 5.73. The van der Waals surface area contributed by atoms with Crippen molar-refractivity contribution in [3.63, 3.8) is 0 Å². The van der Waals surface area contributed by atoms with Crippen molar-refractivity contribution in [2.75, 3.05) is 0 Å². The van der Waals surface area contributed by atoms with Crippen LogP contribution in [0.25, 0.3) is 10.9 Å². The molecule has 0 radical (unpaired) electrons. The Kier molecular flexibility index (Phi) is 2.00. The van der Waals surface area contributed by atoms with Gasteiger partial charge in [0, 0.05) is 23.1 Å². The van der Waals surface area contributed by atoms with E-state index in [4.69, 9.17) is 0 Å². The van der Waals surface area contributed by atoms with Crippen LogP contribution >= 0.6 is 0 Å². The number of nitrogens with zero attached hydrogens (tertiary/aromatic N) is 1. The van der Waals surface area contributed by atoms with Crippen LogP contribution in [0.5, 0.6) is 0 Å². The molecule has 0 unspecified atom stereocenters. The molecule has 16 heavy (non-hydrogen) atoms. The molecule has 1 heterocycles. The number of aryl methyl sites for hydroxylation is 1. The largest absolute Gasteiger partial charge is 0.252 e. The van der Waals surface area contributed by atoms with Crippen LogP contribution in [0.4, 0.5) is 4.39 Å². The maximum absolute atomic E-state index is 13.2. The van der Waals surface area contributed by atoms with Gasteiger partial charge in [0.2, 0.25) is 0 Å². The fourth-order valence-electron chi connectivity index (χ4n) is 2.28. The Morgan fingerprint density at radius 3 is 2.62 bits per heavy atom. The van der Waals surface area contributed by atoms with Gasteiger partial charge in [0.15, 0.2) is 0 Å². The molecule has 0 saturated heterocycles. The second-order valence-electron chi connectivity index (χ2n) is 4.68. The van der Waals surface area contributed by atoms with E-state index < -0.39 is 0 Å². The molecular formula is C14H14FN. The van der Waals surface area contributed by atoms with Crippen LogP contribution in [0.15, 0.2) is 18.2 Å². The molecule has 82 valence electrons. The molecule has 2 aromatic rings. The number of benzene rings is 1. The summed E-state index contributed by atoms with van der Waals surface area (Å²) in [7, 11) is 0. The highest BCUT2D eigenvalue weighted by atomic mass is 19.1. The van der Waals surface area contributed by atoms with E-state index in [1.807, 2.05) is 6.07 Å². The summed E-state index contributed by atoms with van der Waals surface area (Å²) in [5, 5.41) is 1.07. The summed E-state index contributed by atoms with van der Waals surface area (Å²) < 4.78 is 13.2. The van der Waals surface area contributed by atoms with Crippen LogP contribution in [0, 0.1) is 19.7 Å². The zero-order valence-electron chi connectivity index (χ0n) is 9.55. The summed E-state index contributed by atoms with van der Waals surface area (Å²) in [6, 6.07) is 4.87. The van der Waals surface area contributed by atoms with Gasteiger partial charge in [0.05, 0.1) is 5.52 Å². The Labute approximate surface area is 94.3 Å². The average Bonchev–Trinajstić information content (AvgIpc) is 3.07. The monoisotopic (exact) mass is 215 g/mol. The summed E-state index contributed by atoms with van der Waals surface area (Å²) in [6.07, 6.45) is 2.46. The minimum absolute atomic E-state index is 0.204. The van der Waals surface area contributed by atoms with E-state index in [0.717, 1.165) is 10.9 Å². The maximum Gasteiger partial charge on any atom is 0.125 e. The number of fused-ring (bicyclic) bond motifs is 1. The maximum atomic E-state index is 13.2. The van der Waals surface area contributed by atoms with Gasteiger partial charge in [-0.15, -0.1) is 0 Å². The van der Waals surface area contributed by atoms with Crippen molar-refractivity contribution in [1.82, 2.24) is 4.98 Å². The molecule has 0 bridgehead atoms. The Hall–Kier alpha value is -1.44. The van der Waals surface area contributed by atoms with Crippen LogP contribution < -0.4 is 0 Å². The number of pyridine rings is 1. The molecule has 0 atom stereocenters. The molecule has 0 spiro atoms. The molecule has 0 aliphatic heterocycles. The standard InChI is InChI=1S/C14H14FN/c1-8-9(2)14(10-3-4-10)16-13-7-11(15)5-6-12(8)13/h5-7,10H,3-4H2,1-2H3.